The van der Waals surface area contributed by atoms with Gasteiger partial charge in [-0.25, -0.2) is 10.8 Å². The second kappa shape index (κ2) is 3.36. The monoisotopic (exact) mass is 182 g/mol. The molecule has 6 heteroatoms. The lowest BCUT2D eigenvalue weighted by Crippen LogP contribution is -2.26. The smallest absolute Gasteiger partial charge is 0.290 e. The molecule has 0 unspecified atom stereocenters. The number of hydrogen-bond acceptors (Lipinski definition) is 5. The molecule has 0 saturated carbocycles. The fourth-order valence-electron chi connectivity index (χ4n) is 0.930. The number of aryl methyl sites for hydroxylation is 1. The number of anilines is 1. The number of rotatable bonds is 2. The summed E-state index contributed by atoms with van der Waals surface area (Å²) in [5, 5.41) is 11.7. The predicted molar refractivity (Wildman–Crippen MR) is 48.2 cm³/mol. The second-order valence-corrected chi connectivity index (χ2v) is 2.64. The van der Waals surface area contributed by atoms with Crippen LogP contribution in [0.1, 0.15) is 5.69 Å². The minimum atomic E-state index is -0.470. The molecule has 6 nitrogen and oxygen atoms in total. The van der Waals surface area contributed by atoms with Gasteiger partial charge in [-0.05, 0) is 13.0 Å². The molecular formula is C7H10N4O2. The first-order valence-electron chi connectivity index (χ1n) is 3.63. The van der Waals surface area contributed by atoms with Gasteiger partial charge >= 0.3 is 0 Å². The lowest BCUT2D eigenvalue weighted by Gasteiger charge is -2.10. The second-order valence-electron chi connectivity index (χ2n) is 2.64. The third-order valence-electron chi connectivity index (χ3n) is 1.60. The highest BCUT2D eigenvalue weighted by molar-refractivity contribution is 5.45. The van der Waals surface area contributed by atoms with E-state index in [4.69, 9.17) is 5.84 Å². The zero-order chi connectivity index (χ0) is 10.0. The van der Waals surface area contributed by atoms with Crippen LogP contribution >= 0.6 is 0 Å². The van der Waals surface area contributed by atoms with Gasteiger partial charge in [0.25, 0.3) is 5.69 Å². The zero-order valence-electron chi connectivity index (χ0n) is 7.39. The van der Waals surface area contributed by atoms with Crippen LogP contribution in [0.4, 0.5) is 11.5 Å². The van der Waals surface area contributed by atoms with E-state index in [1.165, 1.54) is 17.1 Å². The normalized spacial score (nSPS) is 9.77. The SMILES string of the molecule is Cc1nc(N(C)N)ccc1[N+](=O)[O-]. The van der Waals surface area contributed by atoms with Gasteiger partial charge in [0.1, 0.15) is 11.5 Å². The van der Waals surface area contributed by atoms with Crippen molar-refractivity contribution in [1.29, 1.82) is 0 Å². The highest BCUT2D eigenvalue weighted by Gasteiger charge is 2.12. The van der Waals surface area contributed by atoms with Crippen LogP contribution in [0.5, 0.6) is 0 Å². The summed E-state index contributed by atoms with van der Waals surface area (Å²) in [5.74, 6) is 5.91. The molecule has 0 saturated heterocycles. The number of aromatic nitrogens is 1. The Labute approximate surface area is 75.1 Å². The molecule has 0 bridgehead atoms. The number of hydrazine groups is 1. The number of nitrogens with two attached hydrogens (primary N) is 1. The summed E-state index contributed by atoms with van der Waals surface area (Å²) in [4.78, 5) is 13.9. The van der Waals surface area contributed by atoms with Gasteiger partial charge in [-0.2, -0.15) is 0 Å². The third-order valence-corrected chi connectivity index (χ3v) is 1.60. The van der Waals surface area contributed by atoms with E-state index >= 15 is 0 Å². The molecule has 1 heterocycles. The molecule has 0 spiro atoms. The molecule has 0 aliphatic rings. The van der Waals surface area contributed by atoms with E-state index in [1.54, 1.807) is 14.0 Å². The zero-order valence-corrected chi connectivity index (χ0v) is 7.39. The van der Waals surface area contributed by atoms with Crippen LogP contribution in [-0.2, 0) is 0 Å². The van der Waals surface area contributed by atoms with Gasteiger partial charge in [0.15, 0.2) is 0 Å². The van der Waals surface area contributed by atoms with Crippen molar-refractivity contribution >= 4 is 11.5 Å². The lowest BCUT2D eigenvalue weighted by atomic mass is 10.3. The van der Waals surface area contributed by atoms with E-state index < -0.39 is 4.92 Å². The molecule has 0 aromatic carbocycles. The van der Waals surface area contributed by atoms with Crippen molar-refractivity contribution < 1.29 is 4.92 Å². The summed E-state index contributed by atoms with van der Waals surface area (Å²) in [6.45, 7) is 1.57. The molecule has 1 aromatic heterocycles. The molecule has 0 radical (unpaired) electrons. The van der Waals surface area contributed by atoms with E-state index in [-0.39, 0.29) is 5.69 Å². The van der Waals surface area contributed by atoms with Crippen molar-refractivity contribution in [3.63, 3.8) is 0 Å². The van der Waals surface area contributed by atoms with Crippen LogP contribution in [-0.4, -0.2) is 17.0 Å². The van der Waals surface area contributed by atoms with Crippen LogP contribution in [0.25, 0.3) is 0 Å². The van der Waals surface area contributed by atoms with Crippen molar-refractivity contribution in [3.8, 4) is 0 Å². The molecule has 1 rings (SSSR count). The van der Waals surface area contributed by atoms with E-state index in [0.717, 1.165) is 0 Å². The standard InChI is InChI=1S/C7H10N4O2/c1-5-6(11(12)13)3-4-7(9-5)10(2)8/h3-4H,8H2,1-2H3. The number of nitrogens with zero attached hydrogens (tertiary/aromatic N) is 3. The van der Waals surface area contributed by atoms with Gasteiger partial charge in [-0.15, -0.1) is 0 Å². The minimum absolute atomic E-state index is 0.00519. The van der Waals surface area contributed by atoms with E-state index in [0.29, 0.717) is 11.5 Å². The molecule has 0 atom stereocenters. The molecule has 0 fully saturated rings. The Kier molecular flexibility index (Phi) is 2.43. The van der Waals surface area contributed by atoms with Gasteiger partial charge in [0.05, 0.1) is 4.92 Å². The maximum Gasteiger partial charge on any atom is 0.290 e. The Morgan fingerprint density at radius 3 is 2.62 bits per heavy atom. The first-order chi connectivity index (χ1) is 6.02. The molecule has 2 N–H and O–H groups in total. The van der Waals surface area contributed by atoms with Crippen molar-refractivity contribution in [3.05, 3.63) is 27.9 Å². The van der Waals surface area contributed by atoms with Gasteiger partial charge in [-0.3, -0.25) is 15.1 Å². The van der Waals surface area contributed by atoms with Gasteiger partial charge in [-0.1, -0.05) is 0 Å². The van der Waals surface area contributed by atoms with Crippen LogP contribution in [0, 0.1) is 17.0 Å². The maximum atomic E-state index is 10.4. The Morgan fingerprint density at radius 1 is 1.62 bits per heavy atom. The minimum Gasteiger partial charge on any atom is -0.298 e. The van der Waals surface area contributed by atoms with Crippen LogP contribution in [0.2, 0.25) is 0 Å². The fourth-order valence-corrected chi connectivity index (χ4v) is 0.930. The van der Waals surface area contributed by atoms with E-state index in [1.807, 2.05) is 0 Å². The molecule has 1 aromatic rings. The average Bonchev–Trinajstić information content (AvgIpc) is 2.03. The Balaban J connectivity index is 3.13. The average molecular weight is 182 g/mol. The van der Waals surface area contributed by atoms with Gasteiger partial charge in [0.2, 0.25) is 0 Å². The number of hydrogen-bond donors (Lipinski definition) is 1. The van der Waals surface area contributed by atoms with Crippen LogP contribution in [0.15, 0.2) is 12.1 Å². The highest BCUT2D eigenvalue weighted by atomic mass is 16.6. The molecule has 13 heavy (non-hydrogen) atoms. The molecule has 0 aliphatic heterocycles. The summed E-state index contributed by atoms with van der Waals surface area (Å²) in [6, 6.07) is 2.90. The van der Waals surface area contributed by atoms with Gasteiger partial charge < -0.3 is 0 Å². The molecular weight excluding hydrogens is 172 g/mol. The third kappa shape index (κ3) is 1.91. The topological polar surface area (TPSA) is 85.3 Å². The molecule has 0 aliphatic carbocycles. The largest absolute Gasteiger partial charge is 0.298 e. The highest BCUT2D eigenvalue weighted by Crippen LogP contribution is 2.18. The number of pyridine rings is 1. The van der Waals surface area contributed by atoms with Crippen molar-refractivity contribution in [1.82, 2.24) is 4.98 Å². The summed E-state index contributed by atoms with van der Waals surface area (Å²) in [6.07, 6.45) is 0. The first kappa shape index (κ1) is 9.40. The van der Waals surface area contributed by atoms with E-state index in [2.05, 4.69) is 4.98 Å². The van der Waals surface area contributed by atoms with Crippen LogP contribution in [0.3, 0.4) is 0 Å². The molecule has 0 amide bonds. The Bertz CT molecular complexity index is 337. The maximum absolute atomic E-state index is 10.4. The van der Waals surface area contributed by atoms with Crippen molar-refractivity contribution in [2.45, 2.75) is 6.92 Å². The van der Waals surface area contributed by atoms with Gasteiger partial charge in [0, 0.05) is 13.1 Å². The summed E-state index contributed by atoms with van der Waals surface area (Å²) in [7, 11) is 1.62. The Hall–Kier alpha value is -1.69. The predicted octanol–water partition coefficient (Wildman–Crippen LogP) is 0.608. The number of nitro groups is 1. The first-order valence-corrected chi connectivity index (χ1v) is 3.63. The summed E-state index contributed by atoms with van der Waals surface area (Å²) in [5.41, 5.74) is 0.366. The van der Waals surface area contributed by atoms with Crippen LogP contribution < -0.4 is 10.9 Å². The fraction of sp³-hybridized carbons (Fsp3) is 0.286. The quantitative estimate of drug-likeness (QED) is 0.411. The van der Waals surface area contributed by atoms with Crippen molar-refractivity contribution in [2.75, 3.05) is 12.1 Å². The Morgan fingerprint density at radius 2 is 2.23 bits per heavy atom. The van der Waals surface area contributed by atoms with Crippen molar-refractivity contribution in [2.24, 2.45) is 5.84 Å². The molecule has 70 valence electrons. The summed E-state index contributed by atoms with van der Waals surface area (Å²) < 4.78 is 0. The van der Waals surface area contributed by atoms with E-state index in [9.17, 15) is 10.1 Å². The summed E-state index contributed by atoms with van der Waals surface area (Å²) >= 11 is 0. The lowest BCUT2D eigenvalue weighted by molar-refractivity contribution is -0.385.